The molecule has 2 heterocycles. The van der Waals surface area contributed by atoms with E-state index in [0.717, 1.165) is 47.0 Å². The van der Waals surface area contributed by atoms with E-state index in [1.54, 1.807) is 13.2 Å². The van der Waals surface area contributed by atoms with E-state index >= 15 is 0 Å². The number of benzene rings is 2. The number of rotatable bonds is 8. The Bertz CT molecular complexity index is 1140. The molecule has 0 radical (unpaired) electrons. The van der Waals surface area contributed by atoms with Gasteiger partial charge in [0.2, 0.25) is 5.91 Å². The van der Waals surface area contributed by atoms with Gasteiger partial charge in [-0.25, -0.2) is 0 Å². The van der Waals surface area contributed by atoms with Gasteiger partial charge in [0.15, 0.2) is 11.5 Å². The average molecular weight is 462 g/mol. The minimum atomic E-state index is -0.179. The molecule has 3 aromatic rings. The van der Waals surface area contributed by atoms with Crippen LogP contribution in [0.4, 0.5) is 11.4 Å². The van der Waals surface area contributed by atoms with Crippen molar-refractivity contribution in [2.75, 3.05) is 30.4 Å². The van der Waals surface area contributed by atoms with Crippen molar-refractivity contribution >= 4 is 23.4 Å². The quantitative estimate of drug-likeness (QED) is 0.445. The third kappa shape index (κ3) is 5.60. The Morgan fingerprint density at radius 1 is 1.12 bits per heavy atom. The lowest BCUT2D eigenvalue weighted by Gasteiger charge is -2.30. The molecule has 1 aliphatic rings. The Balaban J connectivity index is 1.41. The van der Waals surface area contributed by atoms with Crippen molar-refractivity contribution in [1.29, 1.82) is 0 Å². The van der Waals surface area contributed by atoms with Crippen molar-refractivity contribution in [1.82, 2.24) is 5.16 Å². The Morgan fingerprint density at radius 2 is 1.91 bits per heavy atom. The number of hydrogen-bond acceptors (Lipinski definition) is 6. The van der Waals surface area contributed by atoms with Gasteiger partial charge in [-0.15, -0.1) is 0 Å². The van der Waals surface area contributed by atoms with E-state index in [4.69, 9.17) is 14.0 Å². The molecule has 34 heavy (non-hydrogen) atoms. The maximum absolute atomic E-state index is 12.7. The SMILES string of the molecule is COc1cc(/C=C/C(=O)Nc2ccccc2N2CCCCC2)ccc1OCc1c(C)noc1C. The summed E-state index contributed by atoms with van der Waals surface area (Å²) in [6, 6.07) is 13.5. The van der Waals surface area contributed by atoms with Gasteiger partial charge in [-0.2, -0.15) is 0 Å². The number of nitrogens with one attached hydrogen (secondary N) is 1. The first-order valence-electron chi connectivity index (χ1n) is 11.6. The van der Waals surface area contributed by atoms with Crippen LogP contribution in [-0.2, 0) is 11.4 Å². The van der Waals surface area contributed by atoms with Crippen molar-refractivity contribution in [2.45, 2.75) is 39.7 Å². The third-order valence-electron chi connectivity index (χ3n) is 6.03. The van der Waals surface area contributed by atoms with Gasteiger partial charge in [0, 0.05) is 19.2 Å². The molecule has 7 nitrogen and oxygen atoms in total. The van der Waals surface area contributed by atoms with Crippen molar-refractivity contribution < 1.29 is 18.8 Å². The molecule has 1 aromatic heterocycles. The van der Waals surface area contributed by atoms with Crippen LogP contribution in [0.1, 0.15) is 41.8 Å². The molecule has 1 amide bonds. The highest BCUT2D eigenvalue weighted by Crippen LogP contribution is 2.31. The van der Waals surface area contributed by atoms with Crippen molar-refractivity contribution in [2.24, 2.45) is 0 Å². The highest BCUT2D eigenvalue weighted by Gasteiger charge is 2.15. The van der Waals surface area contributed by atoms with E-state index < -0.39 is 0 Å². The summed E-state index contributed by atoms with van der Waals surface area (Å²) >= 11 is 0. The zero-order chi connectivity index (χ0) is 23.9. The Kier molecular flexibility index (Phi) is 7.52. The first-order valence-corrected chi connectivity index (χ1v) is 11.6. The minimum absolute atomic E-state index is 0.179. The lowest BCUT2D eigenvalue weighted by Crippen LogP contribution is -2.30. The van der Waals surface area contributed by atoms with Crippen LogP contribution in [-0.4, -0.2) is 31.3 Å². The zero-order valence-corrected chi connectivity index (χ0v) is 20.0. The lowest BCUT2D eigenvalue weighted by atomic mass is 10.1. The number of hydrogen-bond donors (Lipinski definition) is 1. The molecular weight excluding hydrogens is 430 g/mol. The fourth-order valence-electron chi connectivity index (χ4n) is 4.10. The molecule has 178 valence electrons. The van der Waals surface area contributed by atoms with Gasteiger partial charge in [-0.1, -0.05) is 23.4 Å². The predicted molar refractivity (Wildman–Crippen MR) is 133 cm³/mol. The van der Waals surface area contributed by atoms with Crippen LogP contribution in [0.3, 0.4) is 0 Å². The van der Waals surface area contributed by atoms with Gasteiger partial charge in [-0.05, 0) is 69.0 Å². The zero-order valence-electron chi connectivity index (χ0n) is 20.0. The fraction of sp³-hybridized carbons (Fsp3) is 0.333. The summed E-state index contributed by atoms with van der Waals surface area (Å²) in [6.07, 6.45) is 6.93. The molecule has 0 bridgehead atoms. The van der Waals surface area contributed by atoms with Gasteiger partial charge in [0.25, 0.3) is 0 Å². The molecule has 4 rings (SSSR count). The number of amides is 1. The summed E-state index contributed by atoms with van der Waals surface area (Å²) in [4.78, 5) is 15.0. The monoisotopic (exact) mass is 461 g/mol. The number of methoxy groups -OCH3 is 1. The molecule has 0 unspecified atom stereocenters. The molecule has 1 fully saturated rings. The van der Waals surface area contributed by atoms with Crippen LogP contribution < -0.4 is 19.7 Å². The van der Waals surface area contributed by atoms with Crippen LogP contribution >= 0.6 is 0 Å². The van der Waals surface area contributed by atoms with E-state index in [-0.39, 0.29) is 5.91 Å². The number of piperidine rings is 1. The van der Waals surface area contributed by atoms with E-state index in [9.17, 15) is 4.79 Å². The Labute approximate surface area is 200 Å². The maximum Gasteiger partial charge on any atom is 0.248 e. The van der Waals surface area contributed by atoms with Crippen LogP contribution in [0.25, 0.3) is 6.08 Å². The van der Waals surface area contributed by atoms with Crippen LogP contribution in [0.2, 0.25) is 0 Å². The summed E-state index contributed by atoms with van der Waals surface area (Å²) in [5, 5.41) is 6.98. The molecule has 7 heteroatoms. The first-order chi connectivity index (χ1) is 16.5. The third-order valence-corrected chi connectivity index (χ3v) is 6.03. The second-order valence-electron chi connectivity index (χ2n) is 8.39. The van der Waals surface area contributed by atoms with Gasteiger partial charge >= 0.3 is 0 Å². The molecular formula is C27H31N3O4. The minimum Gasteiger partial charge on any atom is -0.493 e. The number of aromatic nitrogens is 1. The van der Waals surface area contributed by atoms with Crippen molar-refractivity contribution in [3.63, 3.8) is 0 Å². The second kappa shape index (κ2) is 10.9. The number of para-hydroxylation sites is 2. The molecule has 0 saturated carbocycles. The molecule has 1 N–H and O–H groups in total. The molecule has 0 spiro atoms. The van der Waals surface area contributed by atoms with Gasteiger partial charge in [-0.3, -0.25) is 4.79 Å². The molecule has 1 saturated heterocycles. The van der Waals surface area contributed by atoms with Crippen LogP contribution in [0.5, 0.6) is 11.5 Å². The number of carbonyl (C=O) groups excluding carboxylic acids is 1. The van der Waals surface area contributed by atoms with Crippen molar-refractivity contribution in [3.8, 4) is 11.5 Å². The smallest absolute Gasteiger partial charge is 0.248 e. The van der Waals surface area contributed by atoms with E-state index in [1.165, 1.54) is 25.3 Å². The number of nitrogens with zero attached hydrogens (tertiary/aromatic N) is 2. The number of ether oxygens (including phenoxy) is 2. The normalized spacial score (nSPS) is 13.8. The number of anilines is 2. The average Bonchev–Trinajstić information content (AvgIpc) is 3.19. The fourth-order valence-corrected chi connectivity index (χ4v) is 4.10. The maximum atomic E-state index is 12.7. The summed E-state index contributed by atoms with van der Waals surface area (Å²) in [5.74, 6) is 1.76. The molecule has 2 aromatic carbocycles. The van der Waals surface area contributed by atoms with Crippen LogP contribution in [0.15, 0.2) is 53.1 Å². The van der Waals surface area contributed by atoms with E-state index in [2.05, 4.69) is 21.4 Å². The summed E-state index contributed by atoms with van der Waals surface area (Å²) < 4.78 is 16.6. The van der Waals surface area contributed by atoms with E-state index in [0.29, 0.717) is 18.1 Å². The molecule has 1 aliphatic heterocycles. The highest BCUT2D eigenvalue weighted by atomic mass is 16.5. The summed E-state index contributed by atoms with van der Waals surface area (Å²) in [5.41, 5.74) is 4.47. The van der Waals surface area contributed by atoms with Gasteiger partial charge < -0.3 is 24.2 Å². The Hall–Kier alpha value is -3.74. The van der Waals surface area contributed by atoms with E-state index in [1.807, 2.05) is 50.2 Å². The molecule has 0 aliphatic carbocycles. The summed E-state index contributed by atoms with van der Waals surface area (Å²) in [7, 11) is 1.59. The predicted octanol–water partition coefficient (Wildman–Crippen LogP) is 5.52. The second-order valence-corrected chi connectivity index (χ2v) is 8.39. The summed E-state index contributed by atoms with van der Waals surface area (Å²) in [6.45, 7) is 6.13. The van der Waals surface area contributed by atoms with Crippen LogP contribution in [0, 0.1) is 13.8 Å². The number of carbonyl (C=O) groups is 1. The van der Waals surface area contributed by atoms with Crippen molar-refractivity contribution in [3.05, 3.63) is 71.1 Å². The standard InChI is InChI=1S/C27H31N3O4/c1-19-22(20(2)34-29-19)18-33-25-13-11-21(17-26(25)32-3)12-14-27(31)28-23-9-5-6-10-24(23)30-15-7-4-8-16-30/h5-6,9-14,17H,4,7-8,15-16,18H2,1-3H3,(H,28,31)/b14-12+. The highest BCUT2D eigenvalue weighted by molar-refractivity contribution is 6.03. The van der Waals surface area contributed by atoms with Gasteiger partial charge in [0.05, 0.1) is 29.7 Å². The lowest BCUT2D eigenvalue weighted by molar-refractivity contribution is -0.111. The largest absolute Gasteiger partial charge is 0.493 e. The Morgan fingerprint density at radius 3 is 2.65 bits per heavy atom. The molecule has 0 atom stereocenters. The topological polar surface area (TPSA) is 76.8 Å². The first kappa shape index (κ1) is 23.4. The number of aryl methyl sites for hydroxylation is 2. The van der Waals surface area contributed by atoms with Gasteiger partial charge in [0.1, 0.15) is 12.4 Å².